The van der Waals surface area contributed by atoms with E-state index in [4.69, 9.17) is 5.10 Å². The van der Waals surface area contributed by atoms with Gasteiger partial charge < -0.3 is 5.32 Å². The fraction of sp³-hybridized carbons (Fsp3) is 0.222. The van der Waals surface area contributed by atoms with E-state index in [9.17, 15) is 4.79 Å². The zero-order valence-electron chi connectivity index (χ0n) is 13.4. The smallest absolute Gasteiger partial charge is 0.235 e. The Kier molecular flexibility index (Phi) is 3.94. The maximum atomic E-state index is 12.2. The molecule has 0 unspecified atom stereocenters. The third kappa shape index (κ3) is 2.65. The van der Waals surface area contributed by atoms with E-state index in [-0.39, 0.29) is 11.2 Å². The first-order valence-corrected chi connectivity index (χ1v) is 9.68. The Morgan fingerprint density at radius 2 is 2.00 bits per heavy atom. The van der Waals surface area contributed by atoms with Crippen LogP contribution in [0.3, 0.4) is 0 Å². The lowest BCUT2D eigenvalue weighted by Gasteiger charge is -2.13. The second-order valence-electron chi connectivity index (χ2n) is 5.85. The average molecular weight is 355 g/mol. The number of benzene rings is 1. The Balaban J connectivity index is 1.89. The molecular weight excluding hydrogens is 338 g/mol. The minimum Gasteiger partial charge on any atom is -0.310 e. The molecule has 0 spiro atoms. The van der Waals surface area contributed by atoms with Gasteiger partial charge in [-0.15, -0.1) is 23.1 Å². The molecule has 24 heavy (non-hydrogen) atoms. The zero-order valence-corrected chi connectivity index (χ0v) is 15.1. The molecule has 1 N–H and O–H groups in total. The standard InChI is InChI=1S/C18H17N3OS2/c1-11-5-7-13(8-6-11)21-18-16(12(2)20-21)17(14-4-3-9-23-14)24-10-15(22)19-18/h3-9,17H,10H2,1-2H3,(H,19,22)/t17-/m0/s1. The molecule has 0 bridgehead atoms. The molecule has 6 heteroatoms. The summed E-state index contributed by atoms with van der Waals surface area (Å²) in [6.45, 7) is 4.08. The molecule has 0 fully saturated rings. The van der Waals surface area contributed by atoms with Gasteiger partial charge in [-0.1, -0.05) is 23.8 Å². The molecular formula is C18H17N3OS2. The van der Waals surface area contributed by atoms with Gasteiger partial charge in [0.15, 0.2) is 0 Å². The number of aryl methyl sites for hydroxylation is 2. The highest BCUT2D eigenvalue weighted by atomic mass is 32.2. The molecule has 3 heterocycles. The average Bonchev–Trinajstić information content (AvgIpc) is 3.15. The van der Waals surface area contributed by atoms with Crippen molar-refractivity contribution in [2.75, 3.05) is 11.1 Å². The molecule has 3 aromatic rings. The summed E-state index contributed by atoms with van der Waals surface area (Å²) in [5.41, 5.74) is 4.22. The van der Waals surface area contributed by atoms with Gasteiger partial charge in [-0.2, -0.15) is 5.10 Å². The highest BCUT2D eigenvalue weighted by Gasteiger charge is 2.30. The molecule has 0 radical (unpaired) electrons. The summed E-state index contributed by atoms with van der Waals surface area (Å²) in [4.78, 5) is 13.5. The van der Waals surface area contributed by atoms with Crippen LogP contribution in [0, 0.1) is 13.8 Å². The normalized spacial score (nSPS) is 17.2. The van der Waals surface area contributed by atoms with Crippen molar-refractivity contribution in [3.05, 3.63) is 63.5 Å². The third-order valence-corrected chi connectivity index (χ3v) is 6.43. The number of anilines is 1. The number of carbonyl (C=O) groups excluding carboxylic acids is 1. The number of rotatable bonds is 2. The molecule has 0 saturated heterocycles. The predicted molar refractivity (Wildman–Crippen MR) is 100 cm³/mol. The predicted octanol–water partition coefficient (Wildman–Crippen LogP) is 4.33. The number of aromatic nitrogens is 2. The van der Waals surface area contributed by atoms with Crippen molar-refractivity contribution in [3.63, 3.8) is 0 Å². The molecule has 1 amide bonds. The molecule has 1 aliphatic rings. The van der Waals surface area contributed by atoms with Crippen molar-refractivity contribution in [1.29, 1.82) is 0 Å². The van der Waals surface area contributed by atoms with Crippen LogP contribution in [0.1, 0.15) is 26.9 Å². The van der Waals surface area contributed by atoms with Crippen molar-refractivity contribution in [1.82, 2.24) is 9.78 Å². The monoisotopic (exact) mass is 355 g/mol. The van der Waals surface area contributed by atoms with Gasteiger partial charge in [0, 0.05) is 10.4 Å². The fourth-order valence-electron chi connectivity index (χ4n) is 2.92. The molecule has 122 valence electrons. The van der Waals surface area contributed by atoms with E-state index in [1.54, 1.807) is 23.1 Å². The molecule has 0 saturated carbocycles. The van der Waals surface area contributed by atoms with Crippen molar-refractivity contribution in [2.24, 2.45) is 0 Å². The Hall–Kier alpha value is -2.05. The van der Waals surface area contributed by atoms with Crippen LogP contribution in [0.25, 0.3) is 5.69 Å². The van der Waals surface area contributed by atoms with Gasteiger partial charge in [0.25, 0.3) is 0 Å². The lowest BCUT2D eigenvalue weighted by Crippen LogP contribution is -2.15. The molecule has 1 aromatic carbocycles. The number of fused-ring (bicyclic) bond motifs is 1. The number of nitrogens with one attached hydrogen (secondary N) is 1. The third-order valence-electron chi connectivity index (χ3n) is 4.09. The van der Waals surface area contributed by atoms with Crippen LogP contribution in [-0.2, 0) is 4.79 Å². The van der Waals surface area contributed by atoms with Gasteiger partial charge in [-0.3, -0.25) is 4.79 Å². The summed E-state index contributed by atoms with van der Waals surface area (Å²) < 4.78 is 1.86. The first-order valence-electron chi connectivity index (χ1n) is 7.75. The van der Waals surface area contributed by atoms with Crippen LogP contribution in [0.4, 0.5) is 5.82 Å². The number of carbonyl (C=O) groups is 1. The number of thioether (sulfide) groups is 1. The van der Waals surface area contributed by atoms with E-state index >= 15 is 0 Å². The minimum absolute atomic E-state index is 0.0218. The Morgan fingerprint density at radius 1 is 1.21 bits per heavy atom. The molecule has 0 aliphatic carbocycles. The van der Waals surface area contributed by atoms with Crippen molar-refractivity contribution in [3.8, 4) is 5.69 Å². The summed E-state index contributed by atoms with van der Waals surface area (Å²) in [5, 5.41) is 10.00. The van der Waals surface area contributed by atoms with Crippen LogP contribution in [0.15, 0.2) is 41.8 Å². The van der Waals surface area contributed by atoms with E-state index in [0.717, 1.165) is 22.8 Å². The SMILES string of the molecule is Cc1ccc(-n2nc(C)c3c2NC(=O)CS[C@H]3c2cccs2)cc1. The van der Waals surface area contributed by atoms with Gasteiger partial charge in [-0.05, 0) is 37.4 Å². The van der Waals surface area contributed by atoms with Gasteiger partial charge >= 0.3 is 0 Å². The van der Waals surface area contributed by atoms with Crippen molar-refractivity contribution >= 4 is 34.8 Å². The van der Waals surface area contributed by atoms with Gasteiger partial charge in [0.2, 0.25) is 5.91 Å². The van der Waals surface area contributed by atoms with Crippen LogP contribution in [0.2, 0.25) is 0 Å². The number of hydrogen-bond donors (Lipinski definition) is 1. The van der Waals surface area contributed by atoms with Gasteiger partial charge in [0.05, 0.1) is 22.4 Å². The summed E-state index contributed by atoms with van der Waals surface area (Å²) in [7, 11) is 0. The second-order valence-corrected chi connectivity index (χ2v) is 7.92. The maximum Gasteiger partial charge on any atom is 0.235 e. The molecule has 1 aliphatic heterocycles. The summed E-state index contributed by atoms with van der Waals surface area (Å²) in [6, 6.07) is 12.4. The lowest BCUT2D eigenvalue weighted by molar-refractivity contribution is -0.113. The Labute approximate surface area is 148 Å². The maximum absolute atomic E-state index is 12.2. The largest absolute Gasteiger partial charge is 0.310 e. The van der Waals surface area contributed by atoms with E-state index in [0.29, 0.717) is 5.75 Å². The highest BCUT2D eigenvalue weighted by Crippen LogP contribution is 2.45. The Bertz CT molecular complexity index is 882. The number of thiophene rings is 1. The first-order chi connectivity index (χ1) is 11.6. The van der Waals surface area contributed by atoms with E-state index < -0.39 is 0 Å². The van der Waals surface area contributed by atoms with Crippen LogP contribution < -0.4 is 5.32 Å². The van der Waals surface area contributed by atoms with Crippen molar-refractivity contribution < 1.29 is 4.79 Å². The van der Waals surface area contributed by atoms with Crippen molar-refractivity contribution in [2.45, 2.75) is 19.1 Å². The lowest BCUT2D eigenvalue weighted by atomic mass is 10.1. The highest BCUT2D eigenvalue weighted by molar-refractivity contribution is 8.00. The van der Waals surface area contributed by atoms with E-state index in [2.05, 4.69) is 41.9 Å². The van der Waals surface area contributed by atoms with Crippen LogP contribution in [0.5, 0.6) is 0 Å². The quantitative estimate of drug-likeness (QED) is 0.744. The number of hydrogen-bond acceptors (Lipinski definition) is 4. The zero-order chi connectivity index (χ0) is 16.7. The van der Waals surface area contributed by atoms with Crippen LogP contribution >= 0.6 is 23.1 Å². The number of nitrogens with zero attached hydrogens (tertiary/aromatic N) is 2. The molecule has 4 nitrogen and oxygen atoms in total. The molecule has 1 atom stereocenters. The second kappa shape index (κ2) is 6.11. The number of amides is 1. The minimum atomic E-state index is 0.0218. The van der Waals surface area contributed by atoms with E-state index in [1.807, 2.05) is 23.7 Å². The van der Waals surface area contributed by atoms with Gasteiger partial charge in [-0.25, -0.2) is 4.68 Å². The topological polar surface area (TPSA) is 46.9 Å². The first kappa shape index (κ1) is 15.5. The molecule has 2 aromatic heterocycles. The summed E-state index contributed by atoms with van der Waals surface area (Å²) in [5.74, 6) is 1.27. The summed E-state index contributed by atoms with van der Waals surface area (Å²) >= 11 is 3.39. The Morgan fingerprint density at radius 3 is 2.71 bits per heavy atom. The van der Waals surface area contributed by atoms with E-state index in [1.165, 1.54) is 10.4 Å². The fourth-order valence-corrected chi connectivity index (χ4v) is 5.09. The summed E-state index contributed by atoms with van der Waals surface area (Å²) in [6.07, 6.45) is 0. The van der Waals surface area contributed by atoms with Gasteiger partial charge in [0.1, 0.15) is 5.82 Å². The van der Waals surface area contributed by atoms with Crippen LogP contribution in [-0.4, -0.2) is 21.4 Å². The molecule has 4 rings (SSSR count).